The Balaban J connectivity index is 1.57. The lowest BCUT2D eigenvalue weighted by molar-refractivity contribution is -0.0167. The highest BCUT2D eigenvalue weighted by Crippen LogP contribution is 2.55. The second-order valence-corrected chi connectivity index (χ2v) is 7.26. The van der Waals surface area contributed by atoms with Crippen molar-refractivity contribution in [3.63, 3.8) is 0 Å². The van der Waals surface area contributed by atoms with E-state index in [-0.39, 0.29) is 11.4 Å². The van der Waals surface area contributed by atoms with Gasteiger partial charge in [0.2, 0.25) is 0 Å². The van der Waals surface area contributed by atoms with E-state index in [1.165, 1.54) is 19.3 Å². The van der Waals surface area contributed by atoms with E-state index < -0.39 is 0 Å². The van der Waals surface area contributed by atoms with Crippen molar-refractivity contribution in [1.29, 1.82) is 0 Å². The first-order valence-electron chi connectivity index (χ1n) is 7.65. The summed E-state index contributed by atoms with van der Waals surface area (Å²) in [4.78, 5) is 12.5. The molecule has 1 aromatic rings. The Kier molecular flexibility index (Phi) is 2.44. The maximum Gasteiger partial charge on any atom is 0.274 e. The fraction of sp³-hybridized carbons (Fsp3) is 0.733. The molecule has 0 radical (unpaired) electrons. The van der Waals surface area contributed by atoms with Crippen LogP contribution in [-0.4, -0.2) is 21.2 Å². The second kappa shape index (κ2) is 3.99. The number of hydrogen-bond donors (Lipinski definition) is 2. The van der Waals surface area contributed by atoms with Crippen LogP contribution in [0.25, 0.3) is 0 Å². The summed E-state index contributed by atoms with van der Waals surface area (Å²) in [7, 11) is 1.79. The van der Waals surface area contributed by atoms with E-state index in [1.807, 2.05) is 0 Å². The van der Waals surface area contributed by atoms with E-state index in [2.05, 4.69) is 10.4 Å². The standard InChI is InChI=1S/C15H22N4O/c1-19-8-12(16)13(18-19)14(20)17-15-5-9-2-10(6-15)4-11(3-9)7-15/h8-11H,2-7,16H2,1H3,(H,17,20). The minimum atomic E-state index is -0.0925. The number of aryl methyl sites for hydroxylation is 1. The van der Waals surface area contributed by atoms with E-state index in [0.29, 0.717) is 11.4 Å². The van der Waals surface area contributed by atoms with Gasteiger partial charge in [-0.05, 0) is 56.3 Å². The Morgan fingerprint density at radius 1 is 1.30 bits per heavy atom. The molecule has 4 fully saturated rings. The number of nitrogens with one attached hydrogen (secondary N) is 1. The zero-order valence-electron chi connectivity index (χ0n) is 11.9. The molecule has 4 saturated carbocycles. The van der Waals surface area contributed by atoms with Crippen molar-refractivity contribution in [1.82, 2.24) is 15.1 Å². The van der Waals surface area contributed by atoms with Crippen molar-refractivity contribution < 1.29 is 4.79 Å². The molecule has 0 atom stereocenters. The van der Waals surface area contributed by atoms with Crippen LogP contribution in [0.3, 0.4) is 0 Å². The molecule has 0 spiro atoms. The number of rotatable bonds is 2. The van der Waals surface area contributed by atoms with E-state index in [9.17, 15) is 4.79 Å². The summed E-state index contributed by atoms with van der Waals surface area (Å²) in [6.07, 6.45) is 9.27. The first-order chi connectivity index (χ1) is 9.53. The molecule has 1 heterocycles. The molecule has 4 aliphatic rings. The van der Waals surface area contributed by atoms with E-state index in [0.717, 1.165) is 37.0 Å². The SMILES string of the molecule is Cn1cc(N)c(C(=O)NC23CC4CC(CC(C4)C2)C3)n1. The van der Waals surface area contributed by atoms with Gasteiger partial charge in [0.25, 0.3) is 5.91 Å². The van der Waals surface area contributed by atoms with Gasteiger partial charge in [-0.25, -0.2) is 0 Å². The average molecular weight is 274 g/mol. The quantitative estimate of drug-likeness (QED) is 0.862. The van der Waals surface area contributed by atoms with Crippen LogP contribution >= 0.6 is 0 Å². The molecule has 0 unspecified atom stereocenters. The van der Waals surface area contributed by atoms with Gasteiger partial charge < -0.3 is 11.1 Å². The van der Waals surface area contributed by atoms with E-state index in [4.69, 9.17) is 5.73 Å². The molecule has 20 heavy (non-hydrogen) atoms. The molecular weight excluding hydrogens is 252 g/mol. The van der Waals surface area contributed by atoms with Crippen LogP contribution in [0.2, 0.25) is 0 Å². The average Bonchev–Trinajstić information content (AvgIpc) is 2.66. The molecule has 5 heteroatoms. The highest BCUT2D eigenvalue weighted by Gasteiger charge is 2.51. The monoisotopic (exact) mass is 274 g/mol. The normalized spacial score (nSPS) is 38.1. The van der Waals surface area contributed by atoms with Gasteiger partial charge >= 0.3 is 0 Å². The van der Waals surface area contributed by atoms with Crippen molar-refractivity contribution >= 4 is 11.6 Å². The molecule has 4 bridgehead atoms. The minimum Gasteiger partial charge on any atom is -0.396 e. The summed E-state index contributed by atoms with van der Waals surface area (Å²) in [6.45, 7) is 0. The molecule has 1 aromatic heterocycles. The highest BCUT2D eigenvalue weighted by molar-refractivity contribution is 5.97. The molecule has 5 rings (SSSR count). The zero-order chi connectivity index (χ0) is 13.9. The topological polar surface area (TPSA) is 72.9 Å². The Morgan fingerprint density at radius 2 is 1.85 bits per heavy atom. The highest BCUT2D eigenvalue weighted by atomic mass is 16.2. The van der Waals surface area contributed by atoms with Crippen LogP contribution in [0.5, 0.6) is 0 Å². The fourth-order valence-corrected chi connectivity index (χ4v) is 5.25. The smallest absolute Gasteiger partial charge is 0.274 e. The van der Waals surface area contributed by atoms with Gasteiger partial charge in [0.1, 0.15) is 0 Å². The molecule has 108 valence electrons. The van der Waals surface area contributed by atoms with Crippen LogP contribution in [0.1, 0.15) is 49.0 Å². The van der Waals surface area contributed by atoms with Crippen LogP contribution in [0, 0.1) is 17.8 Å². The van der Waals surface area contributed by atoms with Crippen LogP contribution in [0.15, 0.2) is 6.20 Å². The largest absolute Gasteiger partial charge is 0.396 e. The Hall–Kier alpha value is -1.52. The summed E-state index contributed by atoms with van der Waals surface area (Å²) in [5, 5.41) is 7.49. The Bertz CT molecular complexity index is 527. The molecule has 0 saturated heterocycles. The number of carbonyl (C=O) groups is 1. The van der Waals surface area contributed by atoms with E-state index in [1.54, 1.807) is 17.9 Å². The number of nitrogens with two attached hydrogens (primary N) is 1. The first-order valence-corrected chi connectivity index (χ1v) is 7.65. The minimum absolute atomic E-state index is 0.0236. The van der Waals surface area contributed by atoms with Crippen LogP contribution in [0.4, 0.5) is 5.69 Å². The predicted octanol–water partition coefficient (Wildman–Crippen LogP) is 1.70. The number of nitrogens with zero attached hydrogens (tertiary/aromatic N) is 2. The van der Waals surface area contributed by atoms with Gasteiger partial charge in [-0.2, -0.15) is 5.10 Å². The predicted molar refractivity (Wildman–Crippen MR) is 76.0 cm³/mol. The van der Waals surface area contributed by atoms with Gasteiger partial charge in [0.15, 0.2) is 5.69 Å². The third-order valence-corrected chi connectivity index (χ3v) is 5.49. The fourth-order valence-electron chi connectivity index (χ4n) is 5.25. The molecule has 1 amide bonds. The maximum atomic E-state index is 12.5. The van der Waals surface area contributed by atoms with Crippen molar-refractivity contribution in [2.45, 2.75) is 44.1 Å². The number of amides is 1. The van der Waals surface area contributed by atoms with Gasteiger partial charge in [-0.15, -0.1) is 0 Å². The second-order valence-electron chi connectivity index (χ2n) is 7.26. The number of anilines is 1. The zero-order valence-corrected chi connectivity index (χ0v) is 11.9. The molecule has 5 nitrogen and oxygen atoms in total. The number of aromatic nitrogens is 2. The summed E-state index contributed by atoms with van der Waals surface area (Å²) in [5.74, 6) is 2.37. The molecule has 0 aliphatic heterocycles. The van der Waals surface area contributed by atoms with Gasteiger partial charge in [0.05, 0.1) is 5.69 Å². The molecular formula is C15H22N4O. The van der Waals surface area contributed by atoms with Crippen LogP contribution in [-0.2, 0) is 7.05 Å². The summed E-state index contributed by atoms with van der Waals surface area (Å²) < 4.78 is 1.60. The van der Waals surface area contributed by atoms with Crippen molar-refractivity contribution in [2.24, 2.45) is 24.8 Å². The summed E-state index contributed by atoms with van der Waals surface area (Å²) in [5.41, 5.74) is 6.73. The first kappa shape index (κ1) is 12.2. The molecule has 4 aliphatic carbocycles. The van der Waals surface area contributed by atoms with Crippen molar-refractivity contribution in [3.8, 4) is 0 Å². The van der Waals surface area contributed by atoms with Crippen molar-refractivity contribution in [3.05, 3.63) is 11.9 Å². The lowest BCUT2D eigenvalue weighted by Crippen LogP contribution is -2.59. The van der Waals surface area contributed by atoms with Gasteiger partial charge in [-0.1, -0.05) is 0 Å². The summed E-state index contributed by atoms with van der Waals surface area (Å²) >= 11 is 0. The third-order valence-electron chi connectivity index (χ3n) is 5.49. The lowest BCUT2D eigenvalue weighted by atomic mass is 9.53. The maximum absolute atomic E-state index is 12.5. The van der Waals surface area contributed by atoms with Crippen LogP contribution < -0.4 is 11.1 Å². The third kappa shape index (κ3) is 1.83. The molecule has 3 N–H and O–H groups in total. The molecule has 0 aromatic carbocycles. The van der Waals surface area contributed by atoms with Crippen molar-refractivity contribution in [2.75, 3.05) is 5.73 Å². The number of hydrogen-bond acceptors (Lipinski definition) is 3. The number of carbonyl (C=O) groups excluding carboxylic acids is 1. The van der Waals surface area contributed by atoms with E-state index >= 15 is 0 Å². The Labute approximate surface area is 118 Å². The number of nitrogen functional groups attached to an aromatic ring is 1. The van der Waals surface area contributed by atoms with Gasteiger partial charge in [0, 0.05) is 18.8 Å². The van der Waals surface area contributed by atoms with Gasteiger partial charge in [-0.3, -0.25) is 9.48 Å². The Morgan fingerprint density at radius 3 is 2.30 bits per heavy atom. The lowest BCUT2D eigenvalue weighted by Gasteiger charge is -2.56. The summed E-state index contributed by atoms with van der Waals surface area (Å²) in [6, 6.07) is 0.